The van der Waals surface area contributed by atoms with Gasteiger partial charge < -0.3 is 15.6 Å². The van der Waals surface area contributed by atoms with Gasteiger partial charge in [0.1, 0.15) is 5.52 Å². The number of hydrogen-bond donors (Lipinski definition) is 2. The van der Waals surface area contributed by atoms with E-state index in [1.165, 1.54) is 0 Å². The Hall–Kier alpha value is -2.70. The van der Waals surface area contributed by atoms with Crippen molar-refractivity contribution in [3.05, 3.63) is 36.4 Å². The number of nitrogens with zero attached hydrogens (tertiary/aromatic N) is 5. The molecule has 0 aliphatic heterocycles. The summed E-state index contributed by atoms with van der Waals surface area (Å²) in [6.45, 7) is 3.44. The van der Waals surface area contributed by atoms with Crippen LogP contribution in [0.3, 0.4) is 0 Å². The average Bonchev–Trinajstić information content (AvgIpc) is 2.90. The third-order valence-electron chi connectivity index (χ3n) is 3.03. The second-order valence-corrected chi connectivity index (χ2v) is 4.34. The van der Waals surface area contributed by atoms with E-state index in [4.69, 9.17) is 5.73 Å². The largest absolute Gasteiger partial charge is 0.382 e. The maximum absolute atomic E-state index is 5.92. The molecule has 7 nitrogen and oxygen atoms in total. The van der Waals surface area contributed by atoms with E-state index in [0.29, 0.717) is 23.8 Å². The third-order valence-corrected chi connectivity index (χ3v) is 3.03. The predicted octanol–water partition coefficient (Wildman–Crippen LogP) is 1.44. The summed E-state index contributed by atoms with van der Waals surface area (Å²) < 4.78 is 1.94. The van der Waals surface area contributed by atoms with Crippen LogP contribution < -0.4 is 11.1 Å². The molecule has 3 aromatic heterocycles. The van der Waals surface area contributed by atoms with Crippen molar-refractivity contribution in [2.45, 2.75) is 20.0 Å². The van der Waals surface area contributed by atoms with E-state index in [-0.39, 0.29) is 0 Å². The highest BCUT2D eigenvalue weighted by Gasteiger charge is 2.10. The Kier molecular flexibility index (Phi) is 3.16. The lowest BCUT2D eigenvalue weighted by molar-refractivity contribution is 0.777. The molecule has 0 radical (unpaired) electrons. The van der Waals surface area contributed by atoms with E-state index in [1.807, 2.05) is 23.6 Å². The van der Waals surface area contributed by atoms with Gasteiger partial charge >= 0.3 is 0 Å². The number of rotatable bonds is 4. The first kappa shape index (κ1) is 12.3. The normalized spacial score (nSPS) is 10.8. The predicted molar refractivity (Wildman–Crippen MR) is 77.0 cm³/mol. The Morgan fingerprint density at radius 2 is 2.05 bits per heavy atom. The molecule has 0 unspecified atom stereocenters. The molecule has 3 aromatic rings. The molecular weight excluding hydrogens is 254 g/mol. The lowest BCUT2D eigenvalue weighted by Crippen LogP contribution is -2.07. The van der Waals surface area contributed by atoms with Crippen LogP contribution in [0.1, 0.15) is 12.5 Å². The summed E-state index contributed by atoms with van der Waals surface area (Å²) in [5.41, 5.74) is 8.41. The minimum Gasteiger partial charge on any atom is -0.382 e. The molecule has 0 saturated carbocycles. The molecule has 0 bridgehead atoms. The summed E-state index contributed by atoms with van der Waals surface area (Å²) in [5.74, 6) is 0.890. The number of pyridine rings is 1. The second-order valence-electron chi connectivity index (χ2n) is 4.34. The molecule has 0 fully saturated rings. The summed E-state index contributed by atoms with van der Waals surface area (Å²) in [6, 6.07) is 3.87. The molecule has 0 aliphatic carbocycles. The summed E-state index contributed by atoms with van der Waals surface area (Å²) >= 11 is 0. The van der Waals surface area contributed by atoms with Crippen LogP contribution in [0.4, 0.5) is 11.8 Å². The van der Waals surface area contributed by atoms with Crippen LogP contribution in [-0.2, 0) is 13.1 Å². The van der Waals surface area contributed by atoms with Crippen molar-refractivity contribution in [1.82, 2.24) is 24.5 Å². The highest BCUT2D eigenvalue weighted by Crippen LogP contribution is 2.18. The quantitative estimate of drug-likeness (QED) is 0.744. The first-order chi connectivity index (χ1) is 9.78. The molecule has 0 aliphatic rings. The molecule has 7 heteroatoms. The van der Waals surface area contributed by atoms with Crippen molar-refractivity contribution in [3.63, 3.8) is 0 Å². The van der Waals surface area contributed by atoms with Gasteiger partial charge in [-0.25, -0.2) is 4.98 Å². The van der Waals surface area contributed by atoms with E-state index in [1.54, 1.807) is 18.7 Å². The van der Waals surface area contributed by atoms with Crippen molar-refractivity contribution in [2.75, 3.05) is 11.1 Å². The topological polar surface area (TPSA) is 94.5 Å². The summed E-state index contributed by atoms with van der Waals surface area (Å²) in [4.78, 5) is 16.9. The zero-order valence-electron chi connectivity index (χ0n) is 11.1. The zero-order valence-corrected chi connectivity index (χ0v) is 11.1. The Balaban J connectivity index is 1.88. The Morgan fingerprint density at radius 3 is 2.80 bits per heavy atom. The number of fused-ring (bicyclic) bond motifs is 1. The lowest BCUT2D eigenvalue weighted by atomic mass is 10.3. The van der Waals surface area contributed by atoms with Crippen molar-refractivity contribution in [3.8, 4) is 0 Å². The fourth-order valence-electron chi connectivity index (χ4n) is 1.96. The maximum Gasteiger partial charge on any atom is 0.227 e. The number of aromatic nitrogens is 5. The van der Waals surface area contributed by atoms with Gasteiger partial charge in [-0.1, -0.05) is 0 Å². The molecule has 0 aromatic carbocycles. The Labute approximate surface area is 115 Å². The van der Waals surface area contributed by atoms with Crippen molar-refractivity contribution in [2.24, 2.45) is 0 Å². The highest BCUT2D eigenvalue weighted by atomic mass is 15.2. The van der Waals surface area contributed by atoms with Gasteiger partial charge in [-0.05, 0) is 24.6 Å². The average molecular weight is 269 g/mol. The van der Waals surface area contributed by atoms with E-state index in [9.17, 15) is 0 Å². The molecule has 20 heavy (non-hydrogen) atoms. The van der Waals surface area contributed by atoms with E-state index < -0.39 is 0 Å². The molecular formula is C13H15N7. The Morgan fingerprint density at radius 1 is 1.25 bits per heavy atom. The SMILES string of the molecule is CCn1cnc2c(N)nc(NCc3ccncc3)nc21. The van der Waals surface area contributed by atoms with E-state index in [0.717, 1.165) is 17.8 Å². The van der Waals surface area contributed by atoms with Gasteiger partial charge in [0.15, 0.2) is 11.5 Å². The molecule has 102 valence electrons. The van der Waals surface area contributed by atoms with Crippen molar-refractivity contribution in [1.29, 1.82) is 0 Å². The molecule has 3 rings (SSSR count). The van der Waals surface area contributed by atoms with Crippen LogP contribution >= 0.6 is 0 Å². The number of nitrogens with two attached hydrogens (primary N) is 1. The van der Waals surface area contributed by atoms with Crippen LogP contribution in [0.2, 0.25) is 0 Å². The van der Waals surface area contributed by atoms with Crippen LogP contribution in [0, 0.1) is 0 Å². The zero-order chi connectivity index (χ0) is 13.9. The van der Waals surface area contributed by atoms with Crippen LogP contribution in [-0.4, -0.2) is 24.5 Å². The number of anilines is 2. The van der Waals surface area contributed by atoms with Gasteiger partial charge in [0, 0.05) is 25.5 Å². The molecule has 3 heterocycles. The van der Waals surface area contributed by atoms with Gasteiger partial charge in [-0.15, -0.1) is 0 Å². The standard InChI is InChI=1S/C13H15N7/c1-2-20-8-17-10-11(14)18-13(19-12(10)20)16-7-9-3-5-15-6-4-9/h3-6,8H,2,7H2,1H3,(H3,14,16,18,19). The monoisotopic (exact) mass is 269 g/mol. The molecule has 0 saturated heterocycles. The summed E-state index contributed by atoms with van der Waals surface area (Å²) in [6.07, 6.45) is 5.23. The molecule has 0 atom stereocenters. The fraction of sp³-hybridized carbons (Fsp3) is 0.231. The number of nitrogen functional groups attached to an aromatic ring is 1. The van der Waals surface area contributed by atoms with Crippen LogP contribution in [0.5, 0.6) is 0 Å². The van der Waals surface area contributed by atoms with Gasteiger partial charge in [0.25, 0.3) is 0 Å². The lowest BCUT2D eigenvalue weighted by Gasteiger charge is -2.06. The summed E-state index contributed by atoms with van der Waals surface area (Å²) in [7, 11) is 0. The minimum atomic E-state index is 0.388. The first-order valence-corrected chi connectivity index (χ1v) is 6.39. The minimum absolute atomic E-state index is 0.388. The molecule has 3 N–H and O–H groups in total. The Bertz CT molecular complexity index is 720. The maximum atomic E-state index is 5.92. The van der Waals surface area contributed by atoms with E-state index >= 15 is 0 Å². The number of hydrogen-bond acceptors (Lipinski definition) is 6. The number of aryl methyl sites for hydroxylation is 1. The van der Waals surface area contributed by atoms with Crippen molar-refractivity contribution < 1.29 is 0 Å². The first-order valence-electron chi connectivity index (χ1n) is 6.39. The molecule has 0 amide bonds. The van der Waals surface area contributed by atoms with Crippen molar-refractivity contribution >= 4 is 22.9 Å². The second kappa shape index (κ2) is 5.12. The van der Waals surface area contributed by atoms with Crippen LogP contribution in [0.25, 0.3) is 11.2 Å². The summed E-state index contributed by atoms with van der Waals surface area (Å²) in [5, 5.41) is 3.16. The van der Waals surface area contributed by atoms with Gasteiger partial charge in [-0.3, -0.25) is 4.98 Å². The number of nitrogens with one attached hydrogen (secondary N) is 1. The van der Waals surface area contributed by atoms with Gasteiger partial charge in [-0.2, -0.15) is 9.97 Å². The fourth-order valence-corrected chi connectivity index (χ4v) is 1.96. The van der Waals surface area contributed by atoms with E-state index in [2.05, 4.69) is 25.3 Å². The smallest absolute Gasteiger partial charge is 0.227 e. The number of imidazole rings is 1. The van der Waals surface area contributed by atoms with Gasteiger partial charge in [0.05, 0.1) is 6.33 Å². The molecule has 0 spiro atoms. The van der Waals surface area contributed by atoms with Gasteiger partial charge in [0.2, 0.25) is 5.95 Å². The highest BCUT2D eigenvalue weighted by molar-refractivity contribution is 5.82. The van der Waals surface area contributed by atoms with Crippen LogP contribution in [0.15, 0.2) is 30.9 Å². The third kappa shape index (κ3) is 2.25.